The second-order valence-electron chi connectivity index (χ2n) is 7.62. The highest BCUT2D eigenvalue weighted by atomic mass is 32.2. The predicted molar refractivity (Wildman–Crippen MR) is 121 cm³/mol. The summed E-state index contributed by atoms with van der Waals surface area (Å²) in [6, 6.07) is 17.7. The van der Waals surface area contributed by atoms with Gasteiger partial charge >= 0.3 is 0 Å². The monoisotopic (exact) mass is 426 g/mol. The predicted octanol–water partition coefficient (Wildman–Crippen LogP) is 4.12. The minimum Gasteiger partial charge on any atom is -0.497 e. The highest BCUT2D eigenvalue weighted by molar-refractivity contribution is 8.00. The zero-order valence-electron chi connectivity index (χ0n) is 17.5. The molecule has 1 unspecified atom stereocenters. The molecule has 0 aliphatic carbocycles. The summed E-state index contributed by atoms with van der Waals surface area (Å²) in [4.78, 5) is 27.9. The van der Waals surface area contributed by atoms with Gasteiger partial charge in [-0.2, -0.15) is 0 Å². The fraction of sp³-hybridized carbons (Fsp3) is 0.417. The minimum absolute atomic E-state index is 0.0564. The van der Waals surface area contributed by atoms with E-state index in [-0.39, 0.29) is 11.8 Å². The second-order valence-corrected chi connectivity index (χ2v) is 8.67. The van der Waals surface area contributed by atoms with Crippen molar-refractivity contribution in [2.24, 2.45) is 5.92 Å². The van der Waals surface area contributed by atoms with E-state index in [0.717, 1.165) is 48.6 Å². The Balaban J connectivity index is 1.37. The molecule has 1 fully saturated rings. The highest BCUT2D eigenvalue weighted by Crippen LogP contribution is 2.23. The third kappa shape index (κ3) is 7.10. The van der Waals surface area contributed by atoms with E-state index in [1.54, 1.807) is 18.9 Å². The number of methoxy groups -OCH3 is 1. The van der Waals surface area contributed by atoms with Gasteiger partial charge in [-0.3, -0.25) is 9.59 Å². The smallest absolute Gasteiger partial charge is 0.232 e. The third-order valence-electron chi connectivity index (χ3n) is 5.38. The molecule has 1 aliphatic rings. The van der Waals surface area contributed by atoms with Gasteiger partial charge in [-0.15, -0.1) is 11.8 Å². The molecular weight excluding hydrogens is 396 g/mol. The topological polar surface area (TPSA) is 58.6 Å². The van der Waals surface area contributed by atoms with Crippen LogP contribution in [-0.2, 0) is 16.1 Å². The maximum atomic E-state index is 12.6. The molecule has 30 heavy (non-hydrogen) atoms. The SMILES string of the molecule is COc1cccc(CNC(=O)CCC2CCCN(C(=O)CSc3ccccc3)C2)c1. The van der Waals surface area contributed by atoms with E-state index in [0.29, 0.717) is 24.6 Å². The van der Waals surface area contributed by atoms with Crippen LogP contribution in [0.5, 0.6) is 5.75 Å². The van der Waals surface area contributed by atoms with Crippen LogP contribution < -0.4 is 10.1 Å². The largest absolute Gasteiger partial charge is 0.497 e. The van der Waals surface area contributed by atoms with Gasteiger partial charge in [-0.05, 0) is 55.0 Å². The van der Waals surface area contributed by atoms with Crippen molar-refractivity contribution in [2.45, 2.75) is 37.1 Å². The molecule has 1 saturated heterocycles. The summed E-state index contributed by atoms with van der Waals surface area (Å²) in [6.07, 6.45) is 3.41. The van der Waals surface area contributed by atoms with Gasteiger partial charge in [0.2, 0.25) is 11.8 Å². The molecule has 0 aromatic heterocycles. The van der Waals surface area contributed by atoms with E-state index in [1.807, 2.05) is 59.5 Å². The molecule has 1 heterocycles. The van der Waals surface area contributed by atoms with Gasteiger partial charge in [-0.25, -0.2) is 0 Å². The number of piperidine rings is 1. The van der Waals surface area contributed by atoms with Crippen LogP contribution in [0.25, 0.3) is 0 Å². The average molecular weight is 427 g/mol. The van der Waals surface area contributed by atoms with Gasteiger partial charge in [0.15, 0.2) is 0 Å². The summed E-state index contributed by atoms with van der Waals surface area (Å²) >= 11 is 1.58. The van der Waals surface area contributed by atoms with Gasteiger partial charge < -0.3 is 15.0 Å². The number of amides is 2. The van der Waals surface area contributed by atoms with Gasteiger partial charge in [-0.1, -0.05) is 30.3 Å². The van der Waals surface area contributed by atoms with Gasteiger partial charge in [0, 0.05) is 31.0 Å². The highest BCUT2D eigenvalue weighted by Gasteiger charge is 2.24. The van der Waals surface area contributed by atoms with E-state index >= 15 is 0 Å². The molecule has 2 aromatic rings. The number of rotatable bonds is 9. The van der Waals surface area contributed by atoms with E-state index in [1.165, 1.54) is 0 Å². The Kier molecular flexibility index (Phi) is 8.63. The molecule has 3 rings (SSSR count). The van der Waals surface area contributed by atoms with E-state index in [4.69, 9.17) is 4.74 Å². The zero-order chi connectivity index (χ0) is 21.2. The van der Waals surface area contributed by atoms with Crippen LogP contribution >= 0.6 is 11.8 Å². The lowest BCUT2D eigenvalue weighted by molar-refractivity contribution is -0.130. The number of carbonyl (C=O) groups excluding carboxylic acids is 2. The number of ether oxygens (including phenoxy) is 1. The van der Waals surface area contributed by atoms with Crippen LogP contribution in [-0.4, -0.2) is 42.7 Å². The molecule has 5 nitrogen and oxygen atoms in total. The van der Waals surface area contributed by atoms with Crippen molar-refractivity contribution in [2.75, 3.05) is 26.0 Å². The molecule has 2 amide bonds. The van der Waals surface area contributed by atoms with Crippen molar-refractivity contribution < 1.29 is 14.3 Å². The number of thioether (sulfide) groups is 1. The Labute approximate surface area is 183 Å². The number of hydrogen-bond acceptors (Lipinski definition) is 4. The lowest BCUT2D eigenvalue weighted by Crippen LogP contribution is -2.41. The fourth-order valence-electron chi connectivity index (χ4n) is 3.69. The summed E-state index contributed by atoms with van der Waals surface area (Å²) in [7, 11) is 1.64. The van der Waals surface area contributed by atoms with E-state index < -0.39 is 0 Å². The normalized spacial score (nSPS) is 16.2. The molecule has 0 radical (unpaired) electrons. The summed E-state index contributed by atoms with van der Waals surface area (Å²) in [5.41, 5.74) is 1.02. The molecule has 1 atom stereocenters. The maximum Gasteiger partial charge on any atom is 0.232 e. The number of nitrogens with zero attached hydrogens (tertiary/aromatic N) is 1. The summed E-state index contributed by atoms with van der Waals surface area (Å²) in [5.74, 6) is 1.90. The molecule has 160 valence electrons. The van der Waals surface area contributed by atoms with Crippen LogP contribution in [0.15, 0.2) is 59.5 Å². The molecule has 0 saturated carbocycles. The zero-order valence-corrected chi connectivity index (χ0v) is 18.3. The van der Waals surface area contributed by atoms with Gasteiger partial charge in [0.05, 0.1) is 12.9 Å². The number of benzene rings is 2. The second kappa shape index (κ2) is 11.6. The number of carbonyl (C=O) groups is 2. The molecule has 1 aliphatic heterocycles. The summed E-state index contributed by atoms with van der Waals surface area (Å²) in [6.45, 7) is 2.09. The Bertz CT molecular complexity index is 828. The maximum absolute atomic E-state index is 12.6. The van der Waals surface area contributed by atoms with Crippen molar-refractivity contribution in [1.29, 1.82) is 0 Å². The van der Waals surface area contributed by atoms with Crippen molar-refractivity contribution in [1.82, 2.24) is 10.2 Å². The van der Waals surface area contributed by atoms with Crippen molar-refractivity contribution in [3.63, 3.8) is 0 Å². The van der Waals surface area contributed by atoms with Crippen LogP contribution in [0, 0.1) is 5.92 Å². The fourth-order valence-corrected chi connectivity index (χ4v) is 4.51. The molecular formula is C24H30N2O3S. The van der Waals surface area contributed by atoms with Gasteiger partial charge in [0.25, 0.3) is 0 Å². The van der Waals surface area contributed by atoms with E-state index in [2.05, 4.69) is 5.32 Å². The Morgan fingerprint density at radius 2 is 2.00 bits per heavy atom. The molecule has 1 N–H and O–H groups in total. The number of likely N-dealkylation sites (tertiary alicyclic amines) is 1. The number of nitrogens with one attached hydrogen (secondary N) is 1. The molecule has 6 heteroatoms. The average Bonchev–Trinajstić information content (AvgIpc) is 2.81. The quantitative estimate of drug-likeness (QED) is 0.613. The van der Waals surface area contributed by atoms with Crippen LogP contribution in [0.3, 0.4) is 0 Å². The summed E-state index contributed by atoms with van der Waals surface area (Å²) < 4.78 is 5.21. The first kappa shape index (κ1) is 22.2. The number of hydrogen-bond donors (Lipinski definition) is 1. The lowest BCUT2D eigenvalue weighted by atomic mass is 9.93. The van der Waals surface area contributed by atoms with E-state index in [9.17, 15) is 9.59 Å². The Hall–Kier alpha value is -2.47. The minimum atomic E-state index is 0.0564. The first-order chi connectivity index (χ1) is 14.6. The molecule has 0 spiro atoms. The first-order valence-corrected chi connectivity index (χ1v) is 11.5. The van der Waals surface area contributed by atoms with Crippen molar-refractivity contribution in [3.05, 3.63) is 60.2 Å². The Morgan fingerprint density at radius 3 is 2.80 bits per heavy atom. The summed E-state index contributed by atoms with van der Waals surface area (Å²) in [5, 5.41) is 2.98. The Morgan fingerprint density at radius 1 is 1.17 bits per heavy atom. The van der Waals surface area contributed by atoms with Crippen LogP contribution in [0.2, 0.25) is 0 Å². The molecule has 2 aromatic carbocycles. The first-order valence-electron chi connectivity index (χ1n) is 10.5. The van der Waals surface area contributed by atoms with Crippen molar-refractivity contribution in [3.8, 4) is 5.75 Å². The van der Waals surface area contributed by atoms with Crippen LogP contribution in [0.1, 0.15) is 31.2 Å². The van der Waals surface area contributed by atoms with Crippen LogP contribution in [0.4, 0.5) is 0 Å². The molecule has 0 bridgehead atoms. The standard InChI is InChI=1S/C24H30N2O3S/c1-29-21-9-5-7-20(15-21)16-25-23(27)13-12-19-8-6-14-26(17-19)24(28)18-30-22-10-3-2-4-11-22/h2-5,7,9-11,15,19H,6,8,12-14,16-18H2,1H3,(H,25,27). The third-order valence-corrected chi connectivity index (χ3v) is 6.38. The van der Waals surface area contributed by atoms with Crippen molar-refractivity contribution >= 4 is 23.6 Å². The lowest BCUT2D eigenvalue weighted by Gasteiger charge is -2.32. The van der Waals surface area contributed by atoms with Gasteiger partial charge in [0.1, 0.15) is 5.75 Å².